The number of carbonyl (C=O) groups excluding carboxylic acids is 1. The number of rotatable bonds is 5. The van der Waals surface area contributed by atoms with Crippen molar-refractivity contribution in [3.63, 3.8) is 0 Å². The number of carbonyl (C=O) groups is 1. The number of ether oxygens (including phenoxy) is 1. The highest BCUT2D eigenvalue weighted by molar-refractivity contribution is 5.68. The lowest BCUT2D eigenvalue weighted by Crippen LogP contribution is -2.47. The molecule has 0 radical (unpaired) electrons. The summed E-state index contributed by atoms with van der Waals surface area (Å²) >= 11 is 0. The normalized spacial score (nSPS) is 20.6. The monoisotopic (exact) mass is 299 g/mol. The second-order valence-electron chi connectivity index (χ2n) is 7.32. The van der Waals surface area contributed by atoms with Crippen molar-refractivity contribution < 1.29 is 9.53 Å². The maximum Gasteiger partial charge on any atom is 0.410 e. The Morgan fingerprint density at radius 3 is 2.62 bits per heavy atom. The highest BCUT2D eigenvalue weighted by Crippen LogP contribution is 2.20. The van der Waals surface area contributed by atoms with E-state index in [1.54, 1.807) is 0 Å². The zero-order valence-corrected chi connectivity index (χ0v) is 14.4. The summed E-state index contributed by atoms with van der Waals surface area (Å²) in [5, 5.41) is 0. The van der Waals surface area contributed by atoms with E-state index >= 15 is 0 Å². The average molecular weight is 299 g/mol. The fraction of sp³-hybridized carbons (Fsp3) is 0.938. The molecular weight excluding hydrogens is 266 g/mol. The molecule has 1 atom stereocenters. The number of likely N-dealkylation sites (tertiary alicyclic amines) is 1. The van der Waals surface area contributed by atoms with Crippen LogP contribution in [0.1, 0.15) is 47.5 Å². The smallest absolute Gasteiger partial charge is 0.410 e. The number of piperidine rings is 1. The van der Waals surface area contributed by atoms with Crippen LogP contribution in [-0.2, 0) is 4.74 Å². The average Bonchev–Trinajstić information content (AvgIpc) is 2.34. The van der Waals surface area contributed by atoms with Crippen LogP contribution < -0.4 is 5.73 Å². The van der Waals surface area contributed by atoms with E-state index in [1.807, 2.05) is 39.5 Å². The number of nitrogens with two attached hydrogens (primary N) is 1. The molecule has 21 heavy (non-hydrogen) atoms. The van der Waals surface area contributed by atoms with Crippen LogP contribution >= 0.6 is 0 Å². The van der Waals surface area contributed by atoms with Crippen LogP contribution in [0.15, 0.2) is 0 Å². The van der Waals surface area contributed by atoms with Gasteiger partial charge in [0.05, 0.1) is 0 Å². The molecule has 0 saturated carbocycles. The summed E-state index contributed by atoms with van der Waals surface area (Å²) < 4.78 is 5.53. The second kappa shape index (κ2) is 7.99. The third kappa shape index (κ3) is 6.66. The molecule has 1 fully saturated rings. The highest BCUT2D eigenvalue weighted by Gasteiger charge is 2.28. The number of hydrogen-bond acceptors (Lipinski definition) is 4. The first-order chi connectivity index (χ1) is 9.73. The molecular formula is C16H33N3O2. The van der Waals surface area contributed by atoms with Gasteiger partial charge in [0.15, 0.2) is 0 Å². The van der Waals surface area contributed by atoms with Crippen molar-refractivity contribution in [2.45, 2.75) is 59.1 Å². The molecule has 0 bridgehead atoms. The third-order valence-corrected chi connectivity index (χ3v) is 3.75. The Bertz CT molecular complexity index is 324. The van der Waals surface area contributed by atoms with E-state index in [9.17, 15) is 4.79 Å². The molecule has 0 spiro atoms. The summed E-state index contributed by atoms with van der Waals surface area (Å²) in [7, 11) is 0. The Labute approximate surface area is 129 Å². The minimum Gasteiger partial charge on any atom is -0.444 e. The molecule has 124 valence electrons. The maximum absolute atomic E-state index is 12.4. The number of nitrogens with zero attached hydrogens (tertiary/aromatic N) is 2. The van der Waals surface area contributed by atoms with Gasteiger partial charge in [0, 0.05) is 32.2 Å². The van der Waals surface area contributed by atoms with Gasteiger partial charge in [0.1, 0.15) is 5.60 Å². The molecule has 0 aromatic carbocycles. The Morgan fingerprint density at radius 2 is 2.10 bits per heavy atom. The molecule has 2 N–H and O–H groups in total. The van der Waals surface area contributed by atoms with E-state index in [0.29, 0.717) is 12.5 Å². The predicted molar refractivity (Wildman–Crippen MR) is 86.3 cm³/mol. The van der Waals surface area contributed by atoms with Gasteiger partial charge in [-0.3, -0.25) is 0 Å². The van der Waals surface area contributed by atoms with Crippen molar-refractivity contribution in [2.24, 2.45) is 11.7 Å². The first-order valence-corrected chi connectivity index (χ1v) is 8.15. The minimum atomic E-state index is -0.442. The van der Waals surface area contributed by atoms with Crippen molar-refractivity contribution in [3.8, 4) is 0 Å². The third-order valence-electron chi connectivity index (χ3n) is 3.75. The quantitative estimate of drug-likeness (QED) is 0.846. The Kier molecular flexibility index (Phi) is 6.94. The molecule has 0 unspecified atom stereocenters. The van der Waals surface area contributed by atoms with Gasteiger partial charge < -0.3 is 20.3 Å². The van der Waals surface area contributed by atoms with E-state index in [2.05, 4.69) is 4.90 Å². The first kappa shape index (κ1) is 18.2. The van der Waals surface area contributed by atoms with Gasteiger partial charge in [-0.1, -0.05) is 0 Å². The molecule has 0 aliphatic carbocycles. The van der Waals surface area contributed by atoms with Gasteiger partial charge >= 0.3 is 6.09 Å². The van der Waals surface area contributed by atoms with E-state index in [4.69, 9.17) is 10.5 Å². The van der Waals surface area contributed by atoms with Crippen molar-refractivity contribution in [1.29, 1.82) is 0 Å². The van der Waals surface area contributed by atoms with Crippen LogP contribution in [0.2, 0.25) is 0 Å². The second-order valence-corrected chi connectivity index (χ2v) is 7.32. The summed E-state index contributed by atoms with van der Waals surface area (Å²) in [6.07, 6.45) is 2.16. The molecule has 1 aliphatic heterocycles. The van der Waals surface area contributed by atoms with Gasteiger partial charge in [-0.2, -0.15) is 0 Å². The van der Waals surface area contributed by atoms with Crippen molar-refractivity contribution >= 4 is 6.09 Å². The summed E-state index contributed by atoms with van der Waals surface area (Å²) in [6, 6.07) is 0.157. The lowest BCUT2D eigenvalue weighted by atomic mass is 9.97. The van der Waals surface area contributed by atoms with Gasteiger partial charge in [0.2, 0.25) is 0 Å². The summed E-state index contributed by atoms with van der Waals surface area (Å²) in [5.74, 6) is 0.514. The van der Waals surface area contributed by atoms with Crippen LogP contribution in [0.25, 0.3) is 0 Å². The zero-order valence-electron chi connectivity index (χ0n) is 14.4. The lowest BCUT2D eigenvalue weighted by molar-refractivity contribution is 0.0121. The SMILES string of the molecule is CC(C)N(C[C@@H]1CCCN(CCN)C1)C(=O)OC(C)(C)C. The predicted octanol–water partition coefficient (Wildman–Crippen LogP) is 2.30. The molecule has 1 amide bonds. The Balaban J connectivity index is 2.59. The molecule has 0 aromatic rings. The molecule has 5 nitrogen and oxygen atoms in total. The maximum atomic E-state index is 12.4. The van der Waals surface area contributed by atoms with E-state index < -0.39 is 5.60 Å². The van der Waals surface area contributed by atoms with Gasteiger partial charge in [-0.25, -0.2) is 4.79 Å². The highest BCUT2D eigenvalue weighted by atomic mass is 16.6. The summed E-state index contributed by atoms with van der Waals surface area (Å²) in [4.78, 5) is 16.6. The van der Waals surface area contributed by atoms with E-state index in [-0.39, 0.29) is 12.1 Å². The standard InChI is InChI=1S/C16H33N3O2/c1-13(2)19(15(20)21-16(3,4)5)12-14-7-6-9-18(11-14)10-8-17/h13-14H,6-12,17H2,1-5H3/t14-/m1/s1. The molecule has 1 saturated heterocycles. The Hall–Kier alpha value is -0.810. The first-order valence-electron chi connectivity index (χ1n) is 8.15. The molecule has 1 aliphatic rings. The zero-order chi connectivity index (χ0) is 16.0. The summed E-state index contributed by atoms with van der Waals surface area (Å²) in [5.41, 5.74) is 5.20. The fourth-order valence-corrected chi connectivity index (χ4v) is 2.78. The van der Waals surface area contributed by atoms with Gasteiger partial charge in [0.25, 0.3) is 0 Å². The molecule has 0 aromatic heterocycles. The number of hydrogen-bond donors (Lipinski definition) is 1. The number of amides is 1. The van der Waals surface area contributed by atoms with Gasteiger partial charge in [-0.15, -0.1) is 0 Å². The van der Waals surface area contributed by atoms with Crippen LogP contribution in [0.5, 0.6) is 0 Å². The largest absolute Gasteiger partial charge is 0.444 e. The van der Waals surface area contributed by atoms with Crippen LogP contribution in [0.3, 0.4) is 0 Å². The van der Waals surface area contributed by atoms with E-state index in [1.165, 1.54) is 12.8 Å². The van der Waals surface area contributed by atoms with Crippen molar-refractivity contribution in [2.75, 3.05) is 32.7 Å². The minimum absolute atomic E-state index is 0.157. The van der Waals surface area contributed by atoms with Crippen LogP contribution in [0.4, 0.5) is 4.79 Å². The van der Waals surface area contributed by atoms with Crippen molar-refractivity contribution in [3.05, 3.63) is 0 Å². The van der Waals surface area contributed by atoms with E-state index in [0.717, 1.165) is 26.2 Å². The molecule has 5 heteroatoms. The van der Waals surface area contributed by atoms with Crippen molar-refractivity contribution in [1.82, 2.24) is 9.80 Å². The fourth-order valence-electron chi connectivity index (χ4n) is 2.78. The lowest BCUT2D eigenvalue weighted by Gasteiger charge is -2.37. The Morgan fingerprint density at radius 1 is 1.43 bits per heavy atom. The topological polar surface area (TPSA) is 58.8 Å². The van der Waals surface area contributed by atoms with Crippen LogP contribution in [0, 0.1) is 5.92 Å². The van der Waals surface area contributed by atoms with Gasteiger partial charge in [-0.05, 0) is 59.9 Å². The summed E-state index contributed by atoms with van der Waals surface area (Å²) in [6.45, 7) is 14.4. The van der Waals surface area contributed by atoms with Crippen LogP contribution in [-0.4, -0.2) is 60.3 Å². The molecule has 1 heterocycles. The molecule has 1 rings (SSSR count).